The Kier molecular flexibility index (Phi) is 3.96. The molecule has 1 saturated heterocycles. The fourth-order valence-electron chi connectivity index (χ4n) is 2.78. The normalized spacial score (nSPS) is 22.8. The molecule has 1 aliphatic rings. The van der Waals surface area contributed by atoms with Crippen LogP contribution in [0, 0.1) is 0 Å². The standard InChI is InChI=1S/C14H21ClN6O/c1-10(2)21-8-13(17-18-21)14(22)4-5-20(9-14)7-12-11(15)6-16-19(12)3/h6,8,10,22H,4-5,7,9H2,1-3H3/t14-/m0/s1. The highest BCUT2D eigenvalue weighted by molar-refractivity contribution is 6.31. The molecule has 0 aliphatic carbocycles. The number of β-amino-alcohol motifs (C(OH)–C–C–N with tert-alkyl or cyclic N) is 1. The SMILES string of the molecule is CC(C)n1cc([C@]2(O)CCN(Cc3c(Cl)cnn3C)C2)nn1. The van der Waals surface area contributed by atoms with E-state index in [0.29, 0.717) is 30.2 Å². The first-order valence-electron chi connectivity index (χ1n) is 7.42. The van der Waals surface area contributed by atoms with E-state index in [0.717, 1.165) is 12.2 Å². The molecule has 0 aromatic carbocycles. The molecule has 1 atom stereocenters. The molecule has 2 aromatic heterocycles. The Morgan fingerprint density at radius 3 is 2.82 bits per heavy atom. The van der Waals surface area contributed by atoms with Crippen LogP contribution in [0.25, 0.3) is 0 Å². The fourth-order valence-corrected chi connectivity index (χ4v) is 3.01. The lowest BCUT2D eigenvalue weighted by atomic mass is 10.00. The second-order valence-corrected chi connectivity index (χ2v) is 6.64. The van der Waals surface area contributed by atoms with Crippen molar-refractivity contribution in [3.05, 3.63) is 28.8 Å². The van der Waals surface area contributed by atoms with E-state index in [2.05, 4.69) is 20.3 Å². The molecule has 0 saturated carbocycles. The van der Waals surface area contributed by atoms with E-state index >= 15 is 0 Å². The van der Waals surface area contributed by atoms with Crippen LogP contribution in [0.5, 0.6) is 0 Å². The molecule has 0 radical (unpaired) electrons. The first-order valence-corrected chi connectivity index (χ1v) is 7.80. The first-order chi connectivity index (χ1) is 10.4. The summed E-state index contributed by atoms with van der Waals surface area (Å²) in [6, 6.07) is 0.232. The first kappa shape index (κ1) is 15.5. The molecular weight excluding hydrogens is 304 g/mol. The lowest BCUT2D eigenvalue weighted by molar-refractivity contribution is 0.0406. The topological polar surface area (TPSA) is 72.0 Å². The highest BCUT2D eigenvalue weighted by Crippen LogP contribution is 2.32. The minimum absolute atomic E-state index is 0.232. The number of aliphatic hydroxyl groups is 1. The van der Waals surface area contributed by atoms with Gasteiger partial charge in [-0.3, -0.25) is 9.58 Å². The van der Waals surface area contributed by atoms with Crippen LogP contribution in [0.15, 0.2) is 12.4 Å². The molecule has 8 heteroatoms. The maximum atomic E-state index is 10.9. The molecule has 3 heterocycles. The molecule has 2 aromatic rings. The van der Waals surface area contributed by atoms with E-state index in [1.54, 1.807) is 15.6 Å². The van der Waals surface area contributed by atoms with E-state index in [9.17, 15) is 5.11 Å². The quantitative estimate of drug-likeness (QED) is 0.919. The van der Waals surface area contributed by atoms with Crippen LogP contribution in [0.2, 0.25) is 5.02 Å². The van der Waals surface area contributed by atoms with Crippen LogP contribution in [0.3, 0.4) is 0 Å². The maximum absolute atomic E-state index is 10.9. The van der Waals surface area contributed by atoms with Gasteiger partial charge in [-0.25, -0.2) is 4.68 Å². The van der Waals surface area contributed by atoms with Gasteiger partial charge in [-0.15, -0.1) is 5.10 Å². The molecule has 3 rings (SSSR count). The summed E-state index contributed by atoms with van der Waals surface area (Å²) >= 11 is 6.15. The van der Waals surface area contributed by atoms with Crippen LogP contribution in [0.1, 0.15) is 37.7 Å². The number of halogens is 1. The van der Waals surface area contributed by atoms with Crippen LogP contribution >= 0.6 is 11.6 Å². The van der Waals surface area contributed by atoms with Gasteiger partial charge in [0.15, 0.2) is 0 Å². The number of likely N-dealkylation sites (tertiary alicyclic amines) is 1. The van der Waals surface area contributed by atoms with E-state index in [1.807, 2.05) is 27.1 Å². The third kappa shape index (κ3) is 2.76. The summed E-state index contributed by atoms with van der Waals surface area (Å²) in [5.74, 6) is 0. The van der Waals surface area contributed by atoms with Gasteiger partial charge in [-0.05, 0) is 20.3 Å². The summed E-state index contributed by atoms with van der Waals surface area (Å²) in [4.78, 5) is 2.16. The Morgan fingerprint density at radius 1 is 1.45 bits per heavy atom. The number of aryl methyl sites for hydroxylation is 1. The molecule has 0 unspecified atom stereocenters. The summed E-state index contributed by atoms with van der Waals surface area (Å²) in [6.07, 6.45) is 4.12. The van der Waals surface area contributed by atoms with Gasteiger partial charge in [0.1, 0.15) is 11.3 Å². The van der Waals surface area contributed by atoms with Gasteiger partial charge in [0, 0.05) is 32.7 Å². The summed E-state index contributed by atoms with van der Waals surface area (Å²) < 4.78 is 3.54. The maximum Gasteiger partial charge on any atom is 0.124 e. The molecule has 0 bridgehead atoms. The molecular formula is C14H21ClN6O. The third-order valence-corrected chi connectivity index (χ3v) is 4.54. The van der Waals surface area contributed by atoms with Gasteiger partial charge in [-0.1, -0.05) is 16.8 Å². The minimum Gasteiger partial charge on any atom is -0.382 e. The predicted octanol–water partition coefficient (Wildman–Crippen LogP) is 1.34. The van der Waals surface area contributed by atoms with Gasteiger partial charge in [0.2, 0.25) is 0 Å². The lowest BCUT2D eigenvalue weighted by Gasteiger charge is -2.21. The zero-order valence-electron chi connectivity index (χ0n) is 13.1. The molecule has 0 amide bonds. The van der Waals surface area contributed by atoms with Gasteiger partial charge >= 0.3 is 0 Å². The molecule has 1 aliphatic heterocycles. The predicted molar refractivity (Wildman–Crippen MR) is 82.4 cm³/mol. The number of aromatic nitrogens is 5. The van der Waals surface area contributed by atoms with Crippen LogP contribution in [0.4, 0.5) is 0 Å². The monoisotopic (exact) mass is 324 g/mol. The van der Waals surface area contributed by atoms with E-state index in [-0.39, 0.29) is 6.04 Å². The van der Waals surface area contributed by atoms with Crippen molar-refractivity contribution >= 4 is 11.6 Å². The highest BCUT2D eigenvalue weighted by Gasteiger charge is 2.40. The van der Waals surface area contributed by atoms with Crippen molar-refractivity contribution in [2.45, 2.75) is 38.5 Å². The number of rotatable bonds is 4. The van der Waals surface area contributed by atoms with E-state index in [1.165, 1.54) is 0 Å². The van der Waals surface area contributed by atoms with Crippen LogP contribution < -0.4 is 0 Å². The molecule has 0 spiro atoms. The average Bonchev–Trinajstić information content (AvgIpc) is 3.15. The fraction of sp³-hybridized carbons (Fsp3) is 0.643. The lowest BCUT2D eigenvalue weighted by Crippen LogP contribution is -2.31. The second-order valence-electron chi connectivity index (χ2n) is 6.23. The molecule has 22 heavy (non-hydrogen) atoms. The van der Waals surface area contributed by atoms with Crippen molar-refractivity contribution in [1.82, 2.24) is 29.7 Å². The van der Waals surface area contributed by atoms with Crippen molar-refractivity contribution in [2.75, 3.05) is 13.1 Å². The molecule has 7 nitrogen and oxygen atoms in total. The number of hydrogen-bond donors (Lipinski definition) is 1. The van der Waals surface area contributed by atoms with E-state index < -0.39 is 5.60 Å². The zero-order chi connectivity index (χ0) is 15.9. The largest absolute Gasteiger partial charge is 0.382 e. The summed E-state index contributed by atoms with van der Waals surface area (Å²) in [5.41, 5.74) is 0.648. The average molecular weight is 325 g/mol. The van der Waals surface area contributed by atoms with Crippen molar-refractivity contribution in [2.24, 2.45) is 7.05 Å². The summed E-state index contributed by atoms with van der Waals surface area (Å²) in [7, 11) is 1.87. The number of nitrogens with zero attached hydrogens (tertiary/aromatic N) is 6. The third-order valence-electron chi connectivity index (χ3n) is 4.23. The Balaban J connectivity index is 1.73. The Bertz CT molecular complexity index is 647. The molecule has 1 N–H and O–H groups in total. The Labute approximate surface area is 134 Å². The highest BCUT2D eigenvalue weighted by atomic mass is 35.5. The van der Waals surface area contributed by atoms with Gasteiger partial charge < -0.3 is 5.11 Å². The minimum atomic E-state index is -0.946. The van der Waals surface area contributed by atoms with Crippen molar-refractivity contribution < 1.29 is 5.11 Å². The van der Waals surface area contributed by atoms with Gasteiger partial charge in [-0.2, -0.15) is 5.10 Å². The second kappa shape index (κ2) is 5.64. The zero-order valence-corrected chi connectivity index (χ0v) is 13.8. The Hall–Kier alpha value is -1.44. The van der Waals surface area contributed by atoms with Crippen molar-refractivity contribution in [1.29, 1.82) is 0 Å². The van der Waals surface area contributed by atoms with Gasteiger partial charge in [0.25, 0.3) is 0 Å². The summed E-state index contributed by atoms with van der Waals surface area (Å²) in [6.45, 7) is 6.04. The van der Waals surface area contributed by atoms with Crippen molar-refractivity contribution in [3.8, 4) is 0 Å². The van der Waals surface area contributed by atoms with Crippen LogP contribution in [-0.4, -0.2) is 47.9 Å². The van der Waals surface area contributed by atoms with E-state index in [4.69, 9.17) is 11.6 Å². The summed E-state index contributed by atoms with van der Waals surface area (Å²) in [5, 5.41) is 23.9. The van der Waals surface area contributed by atoms with Crippen molar-refractivity contribution in [3.63, 3.8) is 0 Å². The van der Waals surface area contributed by atoms with Crippen LogP contribution in [-0.2, 0) is 19.2 Å². The number of hydrogen-bond acceptors (Lipinski definition) is 5. The van der Waals surface area contributed by atoms with Gasteiger partial charge in [0.05, 0.1) is 23.1 Å². The molecule has 120 valence electrons. The Morgan fingerprint density at radius 2 is 2.23 bits per heavy atom. The molecule has 1 fully saturated rings. The smallest absolute Gasteiger partial charge is 0.124 e.